The zero-order chi connectivity index (χ0) is 12.3. The molecule has 1 aromatic rings. The van der Waals surface area contributed by atoms with Gasteiger partial charge >= 0.3 is 0 Å². The number of carbonyl (C=O) groups excluding carboxylic acids is 1. The van der Waals surface area contributed by atoms with E-state index in [-0.39, 0.29) is 0 Å². The summed E-state index contributed by atoms with van der Waals surface area (Å²) in [6.07, 6.45) is 2.57. The van der Waals surface area contributed by atoms with Gasteiger partial charge < -0.3 is 16.4 Å². The first-order chi connectivity index (χ1) is 8.15. The number of amides is 1. The molecule has 0 bridgehead atoms. The molecular weight excluding hydrogens is 216 g/mol. The Labute approximate surface area is 101 Å². The van der Waals surface area contributed by atoms with Crippen molar-refractivity contribution in [2.75, 3.05) is 18.4 Å². The number of anilines is 1. The summed E-state index contributed by atoms with van der Waals surface area (Å²) >= 11 is 0. The highest BCUT2D eigenvalue weighted by Gasteiger charge is 2.19. The monoisotopic (exact) mass is 234 g/mol. The van der Waals surface area contributed by atoms with E-state index in [1.807, 2.05) is 6.92 Å². The second kappa shape index (κ2) is 5.14. The Kier molecular flexibility index (Phi) is 3.58. The fraction of sp³-hybridized carbons (Fsp3) is 0.500. The van der Waals surface area contributed by atoms with Gasteiger partial charge in [-0.3, -0.25) is 4.79 Å². The van der Waals surface area contributed by atoms with Gasteiger partial charge in [-0.2, -0.15) is 0 Å². The molecule has 0 radical (unpaired) electrons. The molecule has 0 spiro atoms. The molecule has 5 heteroatoms. The van der Waals surface area contributed by atoms with E-state index in [1.54, 1.807) is 12.1 Å². The molecule has 0 atom stereocenters. The van der Waals surface area contributed by atoms with Gasteiger partial charge in [0.1, 0.15) is 5.82 Å². The topological polar surface area (TPSA) is 80.0 Å². The number of nitrogens with two attached hydrogens (primary N) is 1. The number of carbonyl (C=O) groups is 1. The summed E-state index contributed by atoms with van der Waals surface area (Å²) in [5.41, 5.74) is 6.53. The smallest absolute Gasteiger partial charge is 0.248 e. The molecule has 92 valence electrons. The maximum absolute atomic E-state index is 11.1. The molecule has 1 aliphatic rings. The van der Waals surface area contributed by atoms with Gasteiger partial charge in [-0.15, -0.1) is 0 Å². The third-order valence-electron chi connectivity index (χ3n) is 2.68. The van der Waals surface area contributed by atoms with Crippen molar-refractivity contribution in [2.45, 2.75) is 25.8 Å². The molecule has 2 rings (SSSR count). The number of aryl methyl sites for hydroxylation is 1. The lowest BCUT2D eigenvalue weighted by Gasteiger charge is -2.08. The summed E-state index contributed by atoms with van der Waals surface area (Å²) in [5, 5.41) is 6.58. The van der Waals surface area contributed by atoms with Gasteiger partial charge in [-0.05, 0) is 31.9 Å². The molecule has 1 amide bonds. The summed E-state index contributed by atoms with van der Waals surface area (Å²) in [6.45, 7) is 3.55. The Morgan fingerprint density at radius 1 is 1.47 bits per heavy atom. The Balaban J connectivity index is 1.87. The first kappa shape index (κ1) is 11.9. The van der Waals surface area contributed by atoms with Crippen molar-refractivity contribution in [3.63, 3.8) is 0 Å². The maximum Gasteiger partial charge on any atom is 0.248 e. The zero-order valence-corrected chi connectivity index (χ0v) is 9.99. The molecule has 4 N–H and O–H groups in total. The lowest BCUT2D eigenvalue weighted by atomic mass is 10.2. The van der Waals surface area contributed by atoms with Crippen molar-refractivity contribution in [2.24, 2.45) is 5.73 Å². The number of nitrogens with one attached hydrogen (secondary N) is 2. The van der Waals surface area contributed by atoms with Crippen molar-refractivity contribution < 1.29 is 4.79 Å². The van der Waals surface area contributed by atoms with Crippen molar-refractivity contribution in [1.82, 2.24) is 10.3 Å². The van der Waals surface area contributed by atoms with Crippen LogP contribution in [0, 0.1) is 6.92 Å². The van der Waals surface area contributed by atoms with E-state index in [2.05, 4.69) is 15.6 Å². The van der Waals surface area contributed by atoms with Gasteiger partial charge in [0.25, 0.3) is 0 Å². The van der Waals surface area contributed by atoms with E-state index in [9.17, 15) is 4.79 Å². The second-order valence-electron chi connectivity index (χ2n) is 4.40. The van der Waals surface area contributed by atoms with Crippen LogP contribution in [0.15, 0.2) is 12.1 Å². The van der Waals surface area contributed by atoms with Crippen LogP contribution in [0.3, 0.4) is 0 Å². The molecule has 1 heterocycles. The third-order valence-corrected chi connectivity index (χ3v) is 2.68. The Hall–Kier alpha value is -1.62. The number of primary amides is 1. The molecule has 17 heavy (non-hydrogen) atoms. The molecular formula is C12H18N4O. The summed E-state index contributed by atoms with van der Waals surface area (Å²) < 4.78 is 0. The van der Waals surface area contributed by atoms with Crippen LogP contribution in [0.25, 0.3) is 0 Å². The Bertz CT molecular complexity index is 415. The molecule has 1 aromatic heterocycles. The first-order valence-corrected chi connectivity index (χ1v) is 5.91. The highest BCUT2D eigenvalue weighted by atomic mass is 16.1. The van der Waals surface area contributed by atoms with Crippen LogP contribution in [0.1, 0.15) is 28.9 Å². The summed E-state index contributed by atoms with van der Waals surface area (Å²) in [5.74, 6) is 0.283. The van der Waals surface area contributed by atoms with Crippen LogP contribution in [-0.2, 0) is 0 Å². The number of hydrogen-bond donors (Lipinski definition) is 3. The van der Waals surface area contributed by atoms with Crippen LogP contribution in [0.4, 0.5) is 5.82 Å². The van der Waals surface area contributed by atoms with Gasteiger partial charge in [0.05, 0.1) is 0 Å². The number of nitrogens with zero attached hydrogens (tertiary/aromatic N) is 1. The van der Waals surface area contributed by atoms with E-state index in [0.29, 0.717) is 17.4 Å². The van der Waals surface area contributed by atoms with Gasteiger partial charge in [0, 0.05) is 30.4 Å². The van der Waals surface area contributed by atoms with Crippen LogP contribution >= 0.6 is 0 Å². The minimum Gasteiger partial charge on any atom is -0.369 e. The minimum absolute atomic E-state index is 0.422. The van der Waals surface area contributed by atoms with Crippen LogP contribution < -0.4 is 16.4 Å². The lowest BCUT2D eigenvalue weighted by Crippen LogP contribution is -2.24. The number of aromatic nitrogens is 1. The SMILES string of the molecule is Cc1cc(C(N)=O)cc(NCCNC2CC2)n1. The molecule has 1 fully saturated rings. The van der Waals surface area contributed by atoms with Crippen LogP contribution in [0.2, 0.25) is 0 Å². The standard InChI is InChI=1S/C12H18N4O/c1-8-6-9(12(13)17)7-11(16-8)15-5-4-14-10-2-3-10/h6-7,10,14H,2-5H2,1H3,(H2,13,17)(H,15,16). The highest BCUT2D eigenvalue weighted by Crippen LogP contribution is 2.18. The van der Waals surface area contributed by atoms with Crippen molar-refractivity contribution in [3.05, 3.63) is 23.4 Å². The van der Waals surface area contributed by atoms with Crippen LogP contribution in [-0.4, -0.2) is 30.0 Å². The average Bonchev–Trinajstić information content (AvgIpc) is 3.07. The third kappa shape index (κ3) is 3.71. The molecule has 5 nitrogen and oxygen atoms in total. The van der Waals surface area contributed by atoms with E-state index in [0.717, 1.165) is 18.8 Å². The summed E-state index contributed by atoms with van der Waals surface area (Å²) in [4.78, 5) is 15.4. The summed E-state index contributed by atoms with van der Waals surface area (Å²) in [7, 11) is 0. The minimum atomic E-state index is -0.422. The van der Waals surface area contributed by atoms with Crippen molar-refractivity contribution >= 4 is 11.7 Å². The van der Waals surface area contributed by atoms with E-state index >= 15 is 0 Å². The Morgan fingerprint density at radius 2 is 2.24 bits per heavy atom. The average molecular weight is 234 g/mol. The van der Waals surface area contributed by atoms with E-state index in [1.165, 1.54) is 12.8 Å². The molecule has 0 unspecified atom stereocenters. The zero-order valence-electron chi connectivity index (χ0n) is 9.99. The van der Waals surface area contributed by atoms with Gasteiger partial charge in [-0.25, -0.2) is 4.98 Å². The number of rotatable bonds is 6. The number of hydrogen-bond acceptors (Lipinski definition) is 4. The lowest BCUT2D eigenvalue weighted by molar-refractivity contribution is 0.1000. The summed E-state index contributed by atoms with van der Waals surface area (Å²) in [6, 6.07) is 4.09. The normalized spacial score (nSPS) is 14.6. The molecule has 0 aromatic carbocycles. The van der Waals surface area contributed by atoms with E-state index in [4.69, 9.17) is 5.73 Å². The van der Waals surface area contributed by atoms with E-state index < -0.39 is 5.91 Å². The molecule has 1 saturated carbocycles. The second-order valence-corrected chi connectivity index (χ2v) is 4.40. The van der Waals surface area contributed by atoms with Gasteiger partial charge in [-0.1, -0.05) is 0 Å². The first-order valence-electron chi connectivity index (χ1n) is 5.91. The van der Waals surface area contributed by atoms with Gasteiger partial charge in [0.2, 0.25) is 5.91 Å². The quantitative estimate of drug-likeness (QED) is 0.631. The molecule has 1 aliphatic carbocycles. The maximum atomic E-state index is 11.1. The van der Waals surface area contributed by atoms with Crippen LogP contribution in [0.5, 0.6) is 0 Å². The molecule has 0 saturated heterocycles. The Morgan fingerprint density at radius 3 is 2.88 bits per heavy atom. The fourth-order valence-electron chi connectivity index (χ4n) is 1.66. The highest BCUT2D eigenvalue weighted by molar-refractivity contribution is 5.93. The molecule has 0 aliphatic heterocycles. The predicted molar refractivity (Wildman–Crippen MR) is 67.0 cm³/mol. The predicted octanol–water partition coefficient (Wildman–Crippen LogP) is 0.653. The van der Waals surface area contributed by atoms with Gasteiger partial charge in [0.15, 0.2) is 0 Å². The van der Waals surface area contributed by atoms with Crippen molar-refractivity contribution in [3.8, 4) is 0 Å². The largest absolute Gasteiger partial charge is 0.369 e. The number of pyridine rings is 1. The van der Waals surface area contributed by atoms with Crippen molar-refractivity contribution in [1.29, 1.82) is 0 Å². The fourth-order valence-corrected chi connectivity index (χ4v) is 1.66.